The van der Waals surface area contributed by atoms with E-state index in [0.29, 0.717) is 18.0 Å². The van der Waals surface area contributed by atoms with E-state index in [1.807, 2.05) is 0 Å². The predicted molar refractivity (Wildman–Crippen MR) is 62.3 cm³/mol. The Morgan fingerprint density at radius 1 is 1.41 bits per heavy atom. The Labute approximate surface area is 98.9 Å². The van der Waals surface area contributed by atoms with Gasteiger partial charge in [-0.2, -0.15) is 5.04 Å². The molecule has 0 atom stereocenters. The standard InChI is InChI=1S/C12H14F2N2O/c1-9(15-17-14)10(2)16(3)8-11-4-6-12(13)7-5-11/h4-7H,2,8H2,1,3H3/b15-9+. The first-order valence-electron chi connectivity index (χ1n) is 5.01. The van der Waals surface area contributed by atoms with Crippen LogP contribution in [-0.4, -0.2) is 17.7 Å². The van der Waals surface area contributed by atoms with Gasteiger partial charge in [-0.05, 0) is 29.8 Å². The lowest BCUT2D eigenvalue weighted by molar-refractivity contribution is -0.131. The summed E-state index contributed by atoms with van der Waals surface area (Å²) in [6, 6.07) is 6.13. The van der Waals surface area contributed by atoms with Crippen LogP contribution in [0.25, 0.3) is 0 Å². The lowest BCUT2D eigenvalue weighted by Gasteiger charge is -2.20. The number of allylic oxidation sites excluding steroid dienone is 1. The second-order valence-corrected chi connectivity index (χ2v) is 3.67. The van der Waals surface area contributed by atoms with Crippen LogP contribution in [0.2, 0.25) is 0 Å². The summed E-state index contributed by atoms with van der Waals surface area (Å²) in [5.74, 6) is -0.279. The quantitative estimate of drug-likeness (QED) is 0.583. The molecule has 0 aliphatic heterocycles. The molecular weight excluding hydrogens is 226 g/mol. The Bertz CT molecular complexity index is 415. The van der Waals surface area contributed by atoms with Gasteiger partial charge in [-0.25, -0.2) is 4.39 Å². The number of oxime groups is 1. The molecule has 0 amide bonds. The summed E-state index contributed by atoms with van der Waals surface area (Å²) in [5.41, 5.74) is 1.80. The maximum Gasteiger partial charge on any atom is 0.123 e. The number of hydrogen-bond acceptors (Lipinski definition) is 3. The van der Waals surface area contributed by atoms with Crippen molar-refractivity contribution in [1.82, 2.24) is 4.90 Å². The zero-order chi connectivity index (χ0) is 12.8. The molecule has 3 nitrogen and oxygen atoms in total. The zero-order valence-electron chi connectivity index (χ0n) is 9.78. The highest BCUT2D eigenvalue weighted by molar-refractivity contribution is 5.96. The summed E-state index contributed by atoms with van der Waals surface area (Å²) in [6.45, 7) is 5.87. The summed E-state index contributed by atoms with van der Waals surface area (Å²) >= 11 is 0. The number of nitrogens with zero attached hydrogens (tertiary/aromatic N) is 2. The van der Waals surface area contributed by atoms with Gasteiger partial charge < -0.3 is 4.90 Å². The second kappa shape index (κ2) is 5.98. The van der Waals surface area contributed by atoms with Crippen molar-refractivity contribution in [3.63, 3.8) is 0 Å². The Kier molecular flexibility index (Phi) is 4.63. The van der Waals surface area contributed by atoms with Gasteiger partial charge in [-0.15, -0.1) is 0 Å². The van der Waals surface area contributed by atoms with Gasteiger partial charge in [0.2, 0.25) is 0 Å². The maximum atomic E-state index is 12.7. The fraction of sp³-hybridized carbons (Fsp3) is 0.250. The maximum absolute atomic E-state index is 12.7. The van der Waals surface area contributed by atoms with E-state index in [-0.39, 0.29) is 5.82 Å². The van der Waals surface area contributed by atoms with Gasteiger partial charge in [0.05, 0.1) is 5.70 Å². The van der Waals surface area contributed by atoms with E-state index in [9.17, 15) is 8.92 Å². The van der Waals surface area contributed by atoms with Crippen molar-refractivity contribution in [1.29, 1.82) is 0 Å². The molecule has 0 bridgehead atoms. The zero-order valence-corrected chi connectivity index (χ0v) is 9.78. The minimum atomic E-state index is -0.279. The van der Waals surface area contributed by atoms with Crippen LogP contribution in [0.15, 0.2) is 41.7 Å². The van der Waals surface area contributed by atoms with Crippen LogP contribution < -0.4 is 0 Å². The lowest BCUT2D eigenvalue weighted by atomic mass is 10.2. The Hall–Kier alpha value is -1.91. The molecule has 0 radical (unpaired) electrons. The van der Waals surface area contributed by atoms with Crippen molar-refractivity contribution in [3.05, 3.63) is 47.9 Å². The third-order valence-electron chi connectivity index (χ3n) is 2.38. The Morgan fingerprint density at radius 3 is 2.53 bits per heavy atom. The van der Waals surface area contributed by atoms with Crippen molar-refractivity contribution < 1.29 is 14.0 Å². The number of halogens is 2. The van der Waals surface area contributed by atoms with Crippen LogP contribution in [-0.2, 0) is 11.6 Å². The highest BCUT2D eigenvalue weighted by atomic mass is 19.3. The molecular formula is C12H14F2N2O. The van der Waals surface area contributed by atoms with Gasteiger partial charge >= 0.3 is 0 Å². The van der Waals surface area contributed by atoms with E-state index in [0.717, 1.165) is 5.56 Å². The number of benzene rings is 1. The molecule has 0 aliphatic rings. The van der Waals surface area contributed by atoms with Crippen LogP contribution in [0.3, 0.4) is 0 Å². The fourth-order valence-corrected chi connectivity index (χ4v) is 1.34. The molecule has 92 valence electrons. The third-order valence-corrected chi connectivity index (χ3v) is 2.38. The van der Waals surface area contributed by atoms with E-state index in [2.05, 4.69) is 16.8 Å². The normalized spacial score (nSPS) is 11.2. The first-order chi connectivity index (χ1) is 8.04. The average molecular weight is 240 g/mol. The van der Waals surface area contributed by atoms with E-state index >= 15 is 0 Å². The first kappa shape index (κ1) is 13.2. The minimum absolute atomic E-state index is 0.279. The van der Waals surface area contributed by atoms with Gasteiger partial charge in [0.25, 0.3) is 0 Å². The molecule has 0 heterocycles. The van der Waals surface area contributed by atoms with Crippen LogP contribution in [0.5, 0.6) is 0 Å². The molecule has 0 spiro atoms. The van der Waals surface area contributed by atoms with Gasteiger partial charge in [0, 0.05) is 18.1 Å². The molecule has 0 N–H and O–H groups in total. The van der Waals surface area contributed by atoms with Gasteiger partial charge in [-0.3, -0.25) is 0 Å². The van der Waals surface area contributed by atoms with Crippen molar-refractivity contribution in [2.24, 2.45) is 5.16 Å². The predicted octanol–water partition coefficient (Wildman–Crippen LogP) is 3.05. The number of hydrogen-bond donors (Lipinski definition) is 0. The molecule has 0 aromatic heterocycles. The van der Waals surface area contributed by atoms with Crippen molar-refractivity contribution >= 4 is 5.71 Å². The Balaban J connectivity index is 2.66. The molecule has 1 rings (SSSR count). The summed E-state index contributed by atoms with van der Waals surface area (Å²) in [7, 11) is 1.78. The summed E-state index contributed by atoms with van der Waals surface area (Å²) in [6.07, 6.45) is 0. The van der Waals surface area contributed by atoms with E-state index < -0.39 is 0 Å². The van der Waals surface area contributed by atoms with Gasteiger partial charge in [-0.1, -0.05) is 18.7 Å². The summed E-state index contributed by atoms with van der Waals surface area (Å²) in [5, 5.41) is 6.34. The lowest BCUT2D eigenvalue weighted by Crippen LogP contribution is -2.21. The SMILES string of the molecule is C=C(/C(C)=N/OF)N(C)Cc1ccc(F)cc1. The monoisotopic (exact) mass is 240 g/mol. The highest BCUT2D eigenvalue weighted by Crippen LogP contribution is 2.10. The third kappa shape index (κ3) is 3.86. The molecule has 0 fully saturated rings. The molecule has 0 unspecified atom stereocenters. The summed E-state index contributed by atoms with van der Waals surface area (Å²) < 4.78 is 24.3. The average Bonchev–Trinajstić information content (AvgIpc) is 2.31. The van der Waals surface area contributed by atoms with Crippen LogP contribution >= 0.6 is 0 Å². The molecule has 0 aliphatic carbocycles. The van der Waals surface area contributed by atoms with Gasteiger partial charge in [0.1, 0.15) is 11.5 Å². The van der Waals surface area contributed by atoms with Crippen molar-refractivity contribution in [2.45, 2.75) is 13.5 Å². The number of rotatable bonds is 5. The minimum Gasteiger partial charge on any atom is -0.369 e. The topological polar surface area (TPSA) is 24.8 Å². The smallest absolute Gasteiger partial charge is 0.123 e. The van der Waals surface area contributed by atoms with E-state index in [1.54, 1.807) is 31.0 Å². The summed E-state index contributed by atoms with van der Waals surface area (Å²) in [4.78, 5) is 1.77. The molecule has 1 aromatic rings. The Morgan fingerprint density at radius 2 is 2.00 bits per heavy atom. The molecule has 0 saturated heterocycles. The van der Waals surface area contributed by atoms with Crippen LogP contribution in [0.1, 0.15) is 12.5 Å². The van der Waals surface area contributed by atoms with Crippen molar-refractivity contribution in [2.75, 3.05) is 7.05 Å². The van der Waals surface area contributed by atoms with Crippen LogP contribution in [0, 0.1) is 5.82 Å². The molecule has 5 heteroatoms. The first-order valence-corrected chi connectivity index (χ1v) is 5.01. The van der Waals surface area contributed by atoms with Crippen LogP contribution in [0.4, 0.5) is 8.92 Å². The second-order valence-electron chi connectivity index (χ2n) is 3.67. The van der Waals surface area contributed by atoms with Gasteiger partial charge in [0.15, 0.2) is 0 Å². The van der Waals surface area contributed by atoms with Crippen molar-refractivity contribution in [3.8, 4) is 0 Å². The molecule has 1 aromatic carbocycles. The largest absolute Gasteiger partial charge is 0.369 e. The fourth-order valence-electron chi connectivity index (χ4n) is 1.34. The van der Waals surface area contributed by atoms with E-state index in [1.165, 1.54) is 12.1 Å². The van der Waals surface area contributed by atoms with E-state index in [4.69, 9.17) is 0 Å². The highest BCUT2D eigenvalue weighted by Gasteiger charge is 2.07. The molecule has 0 saturated carbocycles. The molecule has 17 heavy (non-hydrogen) atoms.